The minimum atomic E-state index is 0.582. The van der Waals surface area contributed by atoms with Crippen LogP contribution in [0.4, 0.5) is 17.5 Å². The van der Waals surface area contributed by atoms with Crippen LogP contribution in [-0.2, 0) is 4.74 Å². The van der Waals surface area contributed by atoms with Gasteiger partial charge in [-0.15, -0.1) is 0 Å². The third-order valence-electron chi connectivity index (χ3n) is 3.06. The number of halogens is 1. The molecule has 0 spiro atoms. The van der Waals surface area contributed by atoms with E-state index in [1.165, 1.54) is 5.56 Å². The lowest BCUT2D eigenvalue weighted by molar-refractivity contribution is 0.198. The van der Waals surface area contributed by atoms with E-state index in [-0.39, 0.29) is 0 Å². The SMILES string of the molecule is COCCCNc1cc(C)nc(Nc2ccc(C)cc2Br)n1. The van der Waals surface area contributed by atoms with Gasteiger partial charge in [0.05, 0.1) is 5.69 Å². The largest absolute Gasteiger partial charge is 0.385 e. The Labute approximate surface area is 139 Å². The number of ether oxygens (including phenoxy) is 1. The summed E-state index contributed by atoms with van der Waals surface area (Å²) in [4.78, 5) is 8.92. The summed E-state index contributed by atoms with van der Waals surface area (Å²) in [5, 5.41) is 6.54. The second kappa shape index (κ2) is 8.10. The average molecular weight is 365 g/mol. The second-order valence-corrected chi connectivity index (χ2v) is 5.95. The molecule has 0 saturated carbocycles. The number of benzene rings is 1. The molecule has 2 N–H and O–H groups in total. The van der Waals surface area contributed by atoms with Gasteiger partial charge in [-0.2, -0.15) is 4.98 Å². The van der Waals surface area contributed by atoms with Crippen molar-refractivity contribution in [2.24, 2.45) is 0 Å². The Morgan fingerprint density at radius 2 is 2.00 bits per heavy atom. The Bertz CT molecular complexity index is 634. The van der Waals surface area contributed by atoms with E-state index in [0.717, 1.165) is 41.2 Å². The number of rotatable bonds is 7. The van der Waals surface area contributed by atoms with Crippen LogP contribution in [-0.4, -0.2) is 30.2 Å². The molecule has 0 saturated heterocycles. The highest BCUT2D eigenvalue weighted by molar-refractivity contribution is 9.10. The van der Waals surface area contributed by atoms with E-state index in [0.29, 0.717) is 5.95 Å². The zero-order valence-corrected chi connectivity index (χ0v) is 14.7. The van der Waals surface area contributed by atoms with Crippen molar-refractivity contribution in [2.45, 2.75) is 20.3 Å². The van der Waals surface area contributed by atoms with Crippen molar-refractivity contribution in [1.82, 2.24) is 9.97 Å². The zero-order valence-electron chi connectivity index (χ0n) is 13.1. The van der Waals surface area contributed by atoms with Gasteiger partial charge in [-0.25, -0.2) is 4.98 Å². The predicted molar refractivity (Wildman–Crippen MR) is 93.9 cm³/mol. The molecule has 2 rings (SSSR count). The molecule has 0 bridgehead atoms. The Hall–Kier alpha value is -1.66. The van der Waals surface area contributed by atoms with Crippen LogP contribution >= 0.6 is 15.9 Å². The second-order valence-electron chi connectivity index (χ2n) is 5.10. The number of hydrogen-bond donors (Lipinski definition) is 2. The molecule has 5 nitrogen and oxygen atoms in total. The van der Waals surface area contributed by atoms with E-state index in [1.54, 1.807) is 7.11 Å². The van der Waals surface area contributed by atoms with Crippen LogP contribution in [0.5, 0.6) is 0 Å². The molecular formula is C16H21BrN4O. The normalized spacial score (nSPS) is 10.5. The Morgan fingerprint density at radius 1 is 1.18 bits per heavy atom. The van der Waals surface area contributed by atoms with E-state index < -0.39 is 0 Å². The zero-order chi connectivity index (χ0) is 15.9. The van der Waals surface area contributed by atoms with Crippen LogP contribution < -0.4 is 10.6 Å². The van der Waals surface area contributed by atoms with Gasteiger partial charge < -0.3 is 15.4 Å². The predicted octanol–water partition coefficient (Wildman–Crippen LogP) is 4.05. The number of hydrogen-bond acceptors (Lipinski definition) is 5. The van der Waals surface area contributed by atoms with Gasteiger partial charge >= 0.3 is 0 Å². The lowest BCUT2D eigenvalue weighted by atomic mass is 10.2. The molecular weight excluding hydrogens is 344 g/mol. The average Bonchev–Trinajstić information content (AvgIpc) is 2.46. The maximum absolute atomic E-state index is 5.04. The summed E-state index contributed by atoms with van der Waals surface area (Å²) in [5.41, 5.74) is 3.06. The van der Waals surface area contributed by atoms with E-state index in [1.807, 2.05) is 25.1 Å². The van der Waals surface area contributed by atoms with Crippen LogP contribution in [0.3, 0.4) is 0 Å². The third kappa shape index (κ3) is 4.96. The Balaban J connectivity index is 2.08. The fourth-order valence-electron chi connectivity index (χ4n) is 1.99. The molecule has 0 amide bonds. The van der Waals surface area contributed by atoms with Crippen molar-refractivity contribution >= 4 is 33.4 Å². The third-order valence-corrected chi connectivity index (χ3v) is 3.71. The minimum absolute atomic E-state index is 0.582. The van der Waals surface area contributed by atoms with Gasteiger partial charge in [0.25, 0.3) is 0 Å². The molecule has 0 aliphatic heterocycles. The molecule has 0 aliphatic carbocycles. The number of nitrogens with one attached hydrogen (secondary N) is 2. The summed E-state index contributed by atoms with van der Waals surface area (Å²) in [6, 6.07) is 8.05. The van der Waals surface area contributed by atoms with Gasteiger partial charge in [-0.3, -0.25) is 0 Å². The molecule has 1 aromatic carbocycles. The van der Waals surface area contributed by atoms with Crippen molar-refractivity contribution in [3.63, 3.8) is 0 Å². The summed E-state index contributed by atoms with van der Waals surface area (Å²) in [6.45, 7) is 5.56. The van der Waals surface area contributed by atoms with Crippen LogP contribution in [0.1, 0.15) is 17.7 Å². The maximum atomic E-state index is 5.04. The van der Waals surface area contributed by atoms with Crippen LogP contribution in [0.15, 0.2) is 28.7 Å². The first-order valence-corrected chi connectivity index (χ1v) is 7.99. The van der Waals surface area contributed by atoms with Crippen LogP contribution in [0, 0.1) is 13.8 Å². The number of methoxy groups -OCH3 is 1. The van der Waals surface area contributed by atoms with Gasteiger partial charge in [-0.1, -0.05) is 6.07 Å². The topological polar surface area (TPSA) is 59.1 Å². The van der Waals surface area contributed by atoms with Crippen molar-refractivity contribution in [1.29, 1.82) is 0 Å². The summed E-state index contributed by atoms with van der Waals surface area (Å²) in [7, 11) is 1.70. The first-order chi connectivity index (χ1) is 10.6. The molecule has 2 aromatic rings. The van der Waals surface area contributed by atoms with Gasteiger partial charge in [0.1, 0.15) is 5.82 Å². The van der Waals surface area contributed by atoms with Crippen molar-refractivity contribution in [3.8, 4) is 0 Å². The van der Waals surface area contributed by atoms with Gasteiger partial charge in [-0.05, 0) is 53.9 Å². The van der Waals surface area contributed by atoms with Gasteiger partial charge in [0.15, 0.2) is 0 Å². The van der Waals surface area contributed by atoms with Crippen LogP contribution in [0.25, 0.3) is 0 Å². The highest BCUT2D eigenvalue weighted by Gasteiger charge is 2.05. The molecule has 0 fully saturated rings. The molecule has 6 heteroatoms. The number of aryl methyl sites for hydroxylation is 2. The lowest BCUT2D eigenvalue weighted by Crippen LogP contribution is -2.08. The number of anilines is 3. The monoisotopic (exact) mass is 364 g/mol. The number of aromatic nitrogens is 2. The highest BCUT2D eigenvalue weighted by atomic mass is 79.9. The summed E-state index contributed by atoms with van der Waals surface area (Å²) >= 11 is 3.55. The van der Waals surface area contributed by atoms with E-state index in [4.69, 9.17) is 4.74 Å². The summed E-state index contributed by atoms with van der Waals surface area (Å²) in [5.74, 6) is 1.40. The molecule has 0 aliphatic rings. The molecule has 118 valence electrons. The van der Waals surface area contributed by atoms with Crippen molar-refractivity contribution in [3.05, 3.63) is 40.0 Å². The first-order valence-electron chi connectivity index (χ1n) is 7.20. The highest BCUT2D eigenvalue weighted by Crippen LogP contribution is 2.26. The molecule has 1 heterocycles. The Kier molecular flexibility index (Phi) is 6.15. The lowest BCUT2D eigenvalue weighted by Gasteiger charge is -2.11. The summed E-state index contributed by atoms with van der Waals surface area (Å²) in [6.07, 6.45) is 0.936. The van der Waals surface area contributed by atoms with E-state index >= 15 is 0 Å². The first kappa shape index (κ1) is 16.7. The minimum Gasteiger partial charge on any atom is -0.385 e. The van der Waals surface area contributed by atoms with Crippen molar-refractivity contribution < 1.29 is 4.74 Å². The smallest absolute Gasteiger partial charge is 0.229 e. The Morgan fingerprint density at radius 3 is 2.73 bits per heavy atom. The number of nitrogens with zero attached hydrogens (tertiary/aromatic N) is 2. The van der Waals surface area contributed by atoms with Crippen LogP contribution in [0.2, 0.25) is 0 Å². The quantitative estimate of drug-likeness (QED) is 0.725. The molecule has 0 atom stereocenters. The standard InChI is InChI=1S/C16H21BrN4O/c1-11-5-6-14(13(17)9-11)20-16-19-12(2)10-15(21-16)18-7-4-8-22-3/h5-6,9-10H,4,7-8H2,1-3H3,(H2,18,19,20,21). The molecule has 0 unspecified atom stereocenters. The fourth-order valence-corrected chi connectivity index (χ4v) is 2.58. The van der Waals surface area contributed by atoms with E-state index in [2.05, 4.69) is 49.5 Å². The fraction of sp³-hybridized carbons (Fsp3) is 0.375. The van der Waals surface area contributed by atoms with Gasteiger partial charge in [0.2, 0.25) is 5.95 Å². The molecule has 0 radical (unpaired) electrons. The molecule has 22 heavy (non-hydrogen) atoms. The van der Waals surface area contributed by atoms with E-state index in [9.17, 15) is 0 Å². The summed E-state index contributed by atoms with van der Waals surface area (Å²) < 4.78 is 6.03. The van der Waals surface area contributed by atoms with Gasteiger partial charge in [0, 0.05) is 36.5 Å². The van der Waals surface area contributed by atoms with Crippen molar-refractivity contribution in [2.75, 3.05) is 30.9 Å². The molecule has 1 aromatic heterocycles. The maximum Gasteiger partial charge on any atom is 0.229 e.